The number of nitrogens with one attached hydrogen (secondary N) is 1. The number of methoxy groups -OCH3 is 2. The molecule has 0 aliphatic heterocycles. The molecule has 0 fully saturated rings. The first kappa shape index (κ1) is 12.0. The van der Waals surface area contributed by atoms with Crippen molar-refractivity contribution in [1.82, 2.24) is 9.97 Å². The number of aryl methyl sites for hydroxylation is 1. The van der Waals surface area contributed by atoms with E-state index < -0.39 is 0 Å². The Kier molecular flexibility index (Phi) is 3.20. The minimum absolute atomic E-state index is 0.349. The summed E-state index contributed by atoms with van der Waals surface area (Å²) in [7, 11) is 3.19. The molecule has 5 heteroatoms. The van der Waals surface area contributed by atoms with Crippen LogP contribution in [0.3, 0.4) is 0 Å². The van der Waals surface area contributed by atoms with Gasteiger partial charge in [0.15, 0.2) is 5.69 Å². The summed E-state index contributed by atoms with van der Waals surface area (Å²) >= 11 is 0. The quantitative estimate of drug-likeness (QED) is 0.897. The second-order valence-corrected chi connectivity index (χ2v) is 3.76. The van der Waals surface area contributed by atoms with Gasteiger partial charge in [-0.3, -0.25) is 0 Å². The molecule has 1 heterocycles. The average Bonchev–Trinajstić information content (AvgIpc) is 2.85. The maximum absolute atomic E-state index is 9.03. The van der Waals surface area contributed by atoms with Gasteiger partial charge in [-0.25, -0.2) is 4.98 Å². The van der Waals surface area contributed by atoms with Gasteiger partial charge in [-0.2, -0.15) is 5.26 Å². The van der Waals surface area contributed by atoms with Gasteiger partial charge in [-0.15, -0.1) is 0 Å². The number of imidazole rings is 1. The lowest BCUT2D eigenvalue weighted by Crippen LogP contribution is -1.95. The molecule has 2 rings (SSSR count). The number of benzene rings is 1. The topological polar surface area (TPSA) is 70.9 Å². The van der Waals surface area contributed by atoms with Crippen molar-refractivity contribution >= 4 is 0 Å². The smallest absolute Gasteiger partial charge is 0.166 e. The number of H-pyrrole nitrogens is 1. The third-order valence-corrected chi connectivity index (χ3v) is 2.72. The molecule has 0 unspecified atom stereocenters. The highest BCUT2D eigenvalue weighted by molar-refractivity contribution is 5.75. The van der Waals surface area contributed by atoms with E-state index in [0.717, 1.165) is 11.1 Å². The molecule has 92 valence electrons. The van der Waals surface area contributed by atoms with Crippen molar-refractivity contribution in [3.05, 3.63) is 29.7 Å². The van der Waals surface area contributed by atoms with E-state index >= 15 is 0 Å². The van der Waals surface area contributed by atoms with Crippen molar-refractivity contribution in [3.8, 4) is 28.8 Å². The van der Waals surface area contributed by atoms with Crippen LogP contribution in [0, 0.1) is 18.3 Å². The van der Waals surface area contributed by atoms with E-state index in [2.05, 4.69) is 16.0 Å². The van der Waals surface area contributed by atoms with E-state index in [1.165, 1.54) is 6.33 Å². The number of aromatic nitrogens is 2. The molecule has 1 aromatic heterocycles. The van der Waals surface area contributed by atoms with Gasteiger partial charge in [0.05, 0.1) is 26.2 Å². The van der Waals surface area contributed by atoms with Crippen LogP contribution in [0.1, 0.15) is 11.3 Å². The number of aromatic amines is 1. The second kappa shape index (κ2) is 4.80. The lowest BCUT2D eigenvalue weighted by molar-refractivity contribution is 0.395. The number of nitrogens with zero attached hydrogens (tertiary/aromatic N) is 2. The molecule has 0 radical (unpaired) electrons. The van der Waals surface area contributed by atoms with Gasteiger partial charge < -0.3 is 14.5 Å². The predicted octanol–water partition coefficient (Wildman–Crippen LogP) is 2.27. The molecule has 0 spiro atoms. The first-order valence-electron chi connectivity index (χ1n) is 5.37. The van der Waals surface area contributed by atoms with E-state index in [1.807, 2.05) is 13.0 Å². The van der Waals surface area contributed by atoms with Crippen LogP contribution in [0.5, 0.6) is 11.5 Å². The fraction of sp³-hybridized carbons (Fsp3) is 0.231. The molecular weight excluding hydrogens is 230 g/mol. The van der Waals surface area contributed by atoms with E-state index in [9.17, 15) is 0 Å². The molecule has 1 N–H and O–H groups in total. The Labute approximate surface area is 105 Å². The van der Waals surface area contributed by atoms with Gasteiger partial charge >= 0.3 is 0 Å². The average molecular weight is 243 g/mol. The summed E-state index contributed by atoms with van der Waals surface area (Å²) in [5.74, 6) is 1.36. The highest BCUT2D eigenvalue weighted by Crippen LogP contribution is 2.36. The fourth-order valence-electron chi connectivity index (χ4n) is 1.89. The van der Waals surface area contributed by atoms with Crippen molar-refractivity contribution in [3.63, 3.8) is 0 Å². The number of nitriles is 1. The maximum atomic E-state index is 9.03. The molecule has 0 aliphatic rings. The van der Waals surface area contributed by atoms with Crippen molar-refractivity contribution in [2.45, 2.75) is 6.92 Å². The second-order valence-electron chi connectivity index (χ2n) is 3.76. The van der Waals surface area contributed by atoms with Crippen LogP contribution in [0.15, 0.2) is 18.5 Å². The molecule has 0 atom stereocenters. The van der Waals surface area contributed by atoms with Crippen molar-refractivity contribution < 1.29 is 9.47 Å². The molecule has 1 aromatic carbocycles. The van der Waals surface area contributed by atoms with Gasteiger partial charge in [0, 0.05) is 11.6 Å². The SMILES string of the molecule is COc1cc(C)c(-c2[nH]cnc2C#N)c(OC)c1. The van der Waals surface area contributed by atoms with E-state index in [-0.39, 0.29) is 0 Å². The van der Waals surface area contributed by atoms with Crippen molar-refractivity contribution in [2.75, 3.05) is 14.2 Å². The lowest BCUT2D eigenvalue weighted by Gasteiger charge is -2.12. The summed E-state index contributed by atoms with van der Waals surface area (Å²) < 4.78 is 10.6. The van der Waals surface area contributed by atoms with Gasteiger partial charge in [-0.1, -0.05) is 0 Å². The largest absolute Gasteiger partial charge is 0.497 e. The Morgan fingerprint density at radius 3 is 2.67 bits per heavy atom. The third kappa shape index (κ3) is 1.89. The zero-order chi connectivity index (χ0) is 13.1. The number of ether oxygens (including phenoxy) is 2. The number of hydrogen-bond acceptors (Lipinski definition) is 4. The van der Waals surface area contributed by atoms with Crippen molar-refractivity contribution in [1.29, 1.82) is 5.26 Å². The molecule has 0 aliphatic carbocycles. The van der Waals surface area contributed by atoms with Crippen LogP contribution < -0.4 is 9.47 Å². The summed E-state index contributed by atoms with van der Waals surface area (Å²) in [5, 5.41) is 9.03. The summed E-state index contributed by atoms with van der Waals surface area (Å²) in [6.45, 7) is 1.93. The van der Waals surface area contributed by atoms with Crippen LogP contribution in [0.2, 0.25) is 0 Å². The Morgan fingerprint density at radius 2 is 2.06 bits per heavy atom. The number of hydrogen-bond donors (Lipinski definition) is 1. The van der Waals surface area contributed by atoms with Crippen LogP contribution in [-0.2, 0) is 0 Å². The van der Waals surface area contributed by atoms with Crippen LogP contribution in [0.25, 0.3) is 11.3 Å². The monoisotopic (exact) mass is 243 g/mol. The molecule has 0 saturated carbocycles. The fourth-order valence-corrected chi connectivity index (χ4v) is 1.89. The zero-order valence-electron chi connectivity index (χ0n) is 10.4. The Balaban J connectivity index is 2.68. The summed E-state index contributed by atoms with van der Waals surface area (Å²) in [4.78, 5) is 6.94. The van der Waals surface area contributed by atoms with Crippen LogP contribution in [-0.4, -0.2) is 24.2 Å². The third-order valence-electron chi connectivity index (χ3n) is 2.72. The van der Waals surface area contributed by atoms with E-state index in [0.29, 0.717) is 22.9 Å². The van der Waals surface area contributed by atoms with E-state index in [1.54, 1.807) is 20.3 Å². The van der Waals surface area contributed by atoms with E-state index in [4.69, 9.17) is 14.7 Å². The Bertz CT molecular complexity index is 611. The molecule has 0 saturated heterocycles. The first-order chi connectivity index (χ1) is 8.71. The van der Waals surface area contributed by atoms with Gasteiger partial charge in [0.25, 0.3) is 0 Å². The normalized spacial score (nSPS) is 9.89. The molecular formula is C13H13N3O2. The molecule has 0 bridgehead atoms. The summed E-state index contributed by atoms with van der Waals surface area (Å²) in [6.07, 6.45) is 1.50. The Hall–Kier alpha value is -2.48. The van der Waals surface area contributed by atoms with Gasteiger partial charge in [0.1, 0.15) is 17.6 Å². The molecule has 0 amide bonds. The van der Waals surface area contributed by atoms with Crippen LogP contribution >= 0.6 is 0 Å². The Morgan fingerprint density at radius 1 is 1.28 bits per heavy atom. The minimum Gasteiger partial charge on any atom is -0.497 e. The summed E-state index contributed by atoms with van der Waals surface area (Å²) in [6, 6.07) is 5.72. The predicted molar refractivity (Wildman–Crippen MR) is 66.6 cm³/mol. The standard InChI is InChI=1S/C13H13N3O2/c1-8-4-9(17-2)5-11(18-3)12(8)13-10(6-14)15-7-16-13/h4-5,7H,1-3H3,(H,15,16). The van der Waals surface area contributed by atoms with Gasteiger partial charge in [0.2, 0.25) is 0 Å². The van der Waals surface area contributed by atoms with Crippen LogP contribution in [0.4, 0.5) is 0 Å². The minimum atomic E-state index is 0.349. The maximum Gasteiger partial charge on any atom is 0.166 e. The lowest BCUT2D eigenvalue weighted by atomic mass is 10.0. The highest BCUT2D eigenvalue weighted by Gasteiger charge is 2.16. The summed E-state index contributed by atoms with van der Waals surface area (Å²) in [5.41, 5.74) is 2.79. The van der Waals surface area contributed by atoms with Crippen molar-refractivity contribution in [2.24, 2.45) is 0 Å². The number of rotatable bonds is 3. The molecule has 2 aromatic rings. The molecule has 18 heavy (non-hydrogen) atoms. The first-order valence-corrected chi connectivity index (χ1v) is 5.37. The van der Waals surface area contributed by atoms with Gasteiger partial charge in [-0.05, 0) is 18.6 Å². The zero-order valence-corrected chi connectivity index (χ0v) is 10.4. The molecule has 5 nitrogen and oxygen atoms in total. The highest BCUT2D eigenvalue weighted by atomic mass is 16.5.